The summed E-state index contributed by atoms with van der Waals surface area (Å²) in [5, 5.41) is 31.7. The predicted octanol–water partition coefficient (Wildman–Crippen LogP) is 2.24. The van der Waals surface area contributed by atoms with Gasteiger partial charge in [-0.1, -0.05) is 16.8 Å². The lowest BCUT2D eigenvalue weighted by Gasteiger charge is -2.37. The summed E-state index contributed by atoms with van der Waals surface area (Å²) in [5.41, 5.74) is 5.08. The molecule has 0 bridgehead atoms. The van der Waals surface area contributed by atoms with Gasteiger partial charge in [-0.15, -0.1) is 5.10 Å². The lowest BCUT2D eigenvalue weighted by atomic mass is 9.95. The fourth-order valence-electron chi connectivity index (χ4n) is 3.97. The van der Waals surface area contributed by atoms with Crippen molar-refractivity contribution < 1.29 is 24.0 Å². The molecule has 2 unspecified atom stereocenters. The zero-order valence-corrected chi connectivity index (χ0v) is 20.1. The Kier molecular flexibility index (Phi) is 6.04. The number of nitriles is 1. The van der Waals surface area contributed by atoms with E-state index in [1.165, 1.54) is 22.6 Å². The van der Waals surface area contributed by atoms with Gasteiger partial charge in [0, 0.05) is 24.0 Å². The average molecular weight is 522 g/mol. The topological polar surface area (TPSA) is 173 Å². The highest BCUT2D eigenvalue weighted by molar-refractivity contribution is 6.31. The molecule has 13 heteroatoms. The highest BCUT2D eigenvalue weighted by Crippen LogP contribution is 2.28. The van der Waals surface area contributed by atoms with Crippen LogP contribution in [-0.4, -0.2) is 56.7 Å². The summed E-state index contributed by atoms with van der Waals surface area (Å²) in [6.45, 7) is 1.44. The van der Waals surface area contributed by atoms with E-state index in [1.807, 2.05) is 6.07 Å². The van der Waals surface area contributed by atoms with Gasteiger partial charge in [0.15, 0.2) is 28.9 Å². The van der Waals surface area contributed by atoms with Crippen LogP contribution < -0.4 is 16.0 Å². The third-order valence-electron chi connectivity index (χ3n) is 6.01. The number of ether oxygens (including phenoxy) is 1. The van der Waals surface area contributed by atoms with Gasteiger partial charge in [-0.05, 0) is 37.3 Å². The Morgan fingerprint density at radius 1 is 1.32 bits per heavy atom. The zero-order valence-electron chi connectivity index (χ0n) is 19.4. The molecule has 0 saturated carbocycles. The van der Waals surface area contributed by atoms with E-state index in [1.54, 1.807) is 42.6 Å². The molecular formula is C24H20ClN7O5. The van der Waals surface area contributed by atoms with Gasteiger partial charge in [-0.3, -0.25) is 14.5 Å². The van der Waals surface area contributed by atoms with Crippen LogP contribution in [0, 0.1) is 11.3 Å². The van der Waals surface area contributed by atoms with Crippen LogP contribution in [0.2, 0.25) is 5.02 Å². The maximum atomic E-state index is 13.3. The summed E-state index contributed by atoms with van der Waals surface area (Å²) >= 11 is 6.12. The molecule has 2 atom stereocenters. The third kappa shape index (κ3) is 4.36. The molecule has 0 aliphatic carbocycles. The maximum Gasteiger partial charge on any atom is 0.260 e. The Labute approximate surface area is 214 Å². The number of nitrogens with one attached hydrogen (secondary N) is 1. The number of aliphatic hydroxyl groups is 1. The molecule has 2 aromatic heterocycles. The number of amides is 2. The molecule has 1 fully saturated rings. The SMILES string of the molecule is CC(O)(C(=O)Nc1ccc2c(N)noc2c1)C1OCCN(c2ccn(-c3ccc(C#N)c(Cl)c3)n2)C1=O. The first-order chi connectivity index (χ1) is 17.7. The van der Waals surface area contributed by atoms with E-state index in [0.717, 1.165) is 0 Å². The van der Waals surface area contributed by atoms with Crippen LogP contribution in [0.25, 0.3) is 16.7 Å². The van der Waals surface area contributed by atoms with Gasteiger partial charge in [-0.25, -0.2) is 4.68 Å². The Hall–Kier alpha value is -4.44. The molecule has 12 nitrogen and oxygen atoms in total. The minimum Gasteiger partial charge on any atom is -0.380 e. The average Bonchev–Trinajstić information content (AvgIpc) is 3.51. The lowest BCUT2D eigenvalue weighted by Crippen LogP contribution is -2.61. The molecule has 1 saturated heterocycles. The summed E-state index contributed by atoms with van der Waals surface area (Å²) in [5.74, 6) is -0.973. The number of carbonyl (C=O) groups is 2. The van der Waals surface area contributed by atoms with E-state index in [2.05, 4.69) is 15.6 Å². The third-order valence-corrected chi connectivity index (χ3v) is 6.32. The second-order valence-electron chi connectivity index (χ2n) is 8.52. The molecule has 2 aromatic carbocycles. The number of anilines is 3. The van der Waals surface area contributed by atoms with Crippen LogP contribution in [0.4, 0.5) is 17.3 Å². The molecule has 4 aromatic rings. The molecule has 4 N–H and O–H groups in total. The number of rotatable bonds is 5. The van der Waals surface area contributed by atoms with Crippen molar-refractivity contribution in [3.05, 3.63) is 59.2 Å². The van der Waals surface area contributed by atoms with E-state index < -0.39 is 23.5 Å². The van der Waals surface area contributed by atoms with Gasteiger partial charge in [0.2, 0.25) is 0 Å². The molecule has 188 valence electrons. The van der Waals surface area contributed by atoms with Crippen LogP contribution in [0.5, 0.6) is 0 Å². The number of aromatic nitrogens is 3. The minimum absolute atomic E-state index is 0.0681. The minimum atomic E-state index is -2.21. The fourth-order valence-corrected chi connectivity index (χ4v) is 4.18. The Morgan fingerprint density at radius 2 is 2.14 bits per heavy atom. The van der Waals surface area contributed by atoms with E-state index in [9.17, 15) is 14.7 Å². The van der Waals surface area contributed by atoms with Crippen molar-refractivity contribution in [2.24, 2.45) is 0 Å². The number of morpholine rings is 1. The number of fused-ring (bicyclic) bond motifs is 1. The second kappa shape index (κ2) is 9.21. The van der Waals surface area contributed by atoms with E-state index >= 15 is 0 Å². The number of halogens is 1. The number of nitrogens with two attached hydrogens (primary N) is 1. The smallest absolute Gasteiger partial charge is 0.260 e. The molecule has 5 rings (SSSR count). The van der Waals surface area contributed by atoms with Crippen molar-refractivity contribution in [3.63, 3.8) is 0 Å². The van der Waals surface area contributed by atoms with Crippen molar-refractivity contribution in [2.75, 3.05) is 29.1 Å². The van der Waals surface area contributed by atoms with Crippen LogP contribution in [0.15, 0.2) is 53.2 Å². The maximum absolute atomic E-state index is 13.3. The summed E-state index contributed by atoms with van der Waals surface area (Å²) in [7, 11) is 0. The van der Waals surface area contributed by atoms with Crippen LogP contribution >= 0.6 is 11.6 Å². The molecular weight excluding hydrogens is 502 g/mol. The summed E-state index contributed by atoms with van der Waals surface area (Å²) in [6.07, 6.45) is 0.141. The molecule has 37 heavy (non-hydrogen) atoms. The van der Waals surface area contributed by atoms with Crippen molar-refractivity contribution in [3.8, 4) is 11.8 Å². The van der Waals surface area contributed by atoms with Crippen LogP contribution in [0.3, 0.4) is 0 Å². The van der Waals surface area contributed by atoms with E-state index in [0.29, 0.717) is 33.7 Å². The molecule has 1 aliphatic rings. The first-order valence-electron chi connectivity index (χ1n) is 11.1. The second-order valence-corrected chi connectivity index (χ2v) is 8.92. The normalized spacial score (nSPS) is 17.4. The van der Waals surface area contributed by atoms with E-state index in [4.69, 9.17) is 31.9 Å². The summed E-state index contributed by atoms with van der Waals surface area (Å²) < 4.78 is 12.1. The van der Waals surface area contributed by atoms with Crippen LogP contribution in [0.1, 0.15) is 12.5 Å². The van der Waals surface area contributed by atoms with Crippen molar-refractivity contribution in [2.45, 2.75) is 18.6 Å². The zero-order chi connectivity index (χ0) is 26.3. The summed E-state index contributed by atoms with van der Waals surface area (Å²) in [6, 6.07) is 13.1. The van der Waals surface area contributed by atoms with Gasteiger partial charge in [0.25, 0.3) is 11.8 Å². The highest BCUT2D eigenvalue weighted by atomic mass is 35.5. The molecule has 1 aliphatic heterocycles. The van der Waals surface area contributed by atoms with Gasteiger partial charge >= 0.3 is 0 Å². The van der Waals surface area contributed by atoms with Gasteiger partial charge in [-0.2, -0.15) is 5.26 Å². The summed E-state index contributed by atoms with van der Waals surface area (Å²) in [4.78, 5) is 27.6. The Balaban J connectivity index is 1.34. The van der Waals surface area contributed by atoms with Gasteiger partial charge in [0.1, 0.15) is 6.07 Å². The molecule has 0 radical (unpaired) electrons. The van der Waals surface area contributed by atoms with Gasteiger partial charge in [0.05, 0.1) is 34.8 Å². The first kappa shape index (κ1) is 24.3. The fraction of sp³-hybridized carbons (Fsp3) is 0.208. The largest absolute Gasteiger partial charge is 0.380 e. The van der Waals surface area contributed by atoms with E-state index in [-0.39, 0.29) is 24.0 Å². The first-order valence-corrected chi connectivity index (χ1v) is 11.4. The molecule has 3 heterocycles. The number of hydrogen-bond acceptors (Lipinski definition) is 9. The highest BCUT2D eigenvalue weighted by Gasteiger charge is 2.49. The Morgan fingerprint density at radius 3 is 2.89 bits per heavy atom. The van der Waals surface area contributed by atoms with Crippen molar-refractivity contribution in [1.82, 2.24) is 14.9 Å². The number of nitrogen functional groups attached to an aromatic ring is 1. The Bertz CT molecular complexity index is 1570. The van der Waals surface area contributed by atoms with Crippen molar-refractivity contribution >= 4 is 51.7 Å². The number of hydrogen-bond donors (Lipinski definition) is 3. The van der Waals surface area contributed by atoms with Gasteiger partial charge < -0.3 is 25.4 Å². The monoisotopic (exact) mass is 521 g/mol. The lowest BCUT2D eigenvalue weighted by molar-refractivity contribution is -0.165. The molecule has 0 spiro atoms. The quantitative estimate of drug-likeness (QED) is 0.356. The standard InChI is InChI=1S/C24H20ClN7O5/c1-24(35,23(34)28-14-3-5-16-18(10-14)37-30-21(16)27)20-22(33)31(8-9-36-20)19-6-7-32(29-19)15-4-2-13(12-26)17(25)11-15/h2-7,10-11,20,35H,8-9H2,1H3,(H2,27,30)(H,28,34). The van der Waals surface area contributed by atoms with Crippen LogP contribution in [-0.2, 0) is 14.3 Å². The predicted molar refractivity (Wildman–Crippen MR) is 133 cm³/mol. The van der Waals surface area contributed by atoms with Crippen molar-refractivity contribution in [1.29, 1.82) is 5.26 Å². The number of nitrogens with zero attached hydrogens (tertiary/aromatic N) is 5. The molecule has 2 amide bonds. The number of benzene rings is 2. The number of carbonyl (C=O) groups excluding carboxylic acids is 2.